The number of rotatable bonds is 4. The van der Waals surface area contributed by atoms with Crippen LogP contribution in [0.15, 0.2) is 112 Å². The summed E-state index contributed by atoms with van der Waals surface area (Å²) < 4.78 is 23.2. The van der Waals surface area contributed by atoms with E-state index in [1.807, 2.05) is 72.8 Å². The lowest BCUT2D eigenvalue weighted by molar-refractivity contribution is 0.412. The molecule has 0 aliphatic rings. The van der Waals surface area contributed by atoms with Gasteiger partial charge in [0.05, 0.1) is 23.7 Å². The van der Waals surface area contributed by atoms with Gasteiger partial charge in [0.15, 0.2) is 11.3 Å². The van der Waals surface area contributed by atoms with Crippen molar-refractivity contribution < 1.29 is 18.6 Å². The standard InChI is InChI=1S/C17H12BrClO2.C17H11ClO2/c1-20-12-9-14(18)17(15(19)10-12)21-16-8-4-6-11-5-2-3-7-13(11)16;1-19-14-9-8-13-12-7-6-10-4-2-3-5-11(10)16(12)20-17(13)15(14)18/h2-10H,1H3;2-9H,1H3. The molecule has 6 aromatic carbocycles. The molecule has 0 aliphatic heterocycles. The molecule has 0 aliphatic carbocycles. The first kappa shape index (κ1) is 27.3. The molecule has 1 aromatic heterocycles. The summed E-state index contributed by atoms with van der Waals surface area (Å²) in [6, 6.07) is 33.8. The molecule has 0 radical (unpaired) electrons. The topological polar surface area (TPSA) is 40.8 Å². The fourth-order valence-electron chi connectivity index (χ4n) is 4.82. The third-order valence-corrected chi connectivity index (χ3v) is 8.05. The normalized spacial score (nSPS) is 11.0. The average molecular weight is 646 g/mol. The molecule has 4 nitrogen and oxygen atoms in total. The van der Waals surface area contributed by atoms with Crippen molar-refractivity contribution in [2.45, 2.75) is 0 Å². The molecule has 0 N–H and O–H groups in total. The van der Waals surface area contributed by atoms with E-state index in [1.165, 1.54) is 0 Å². The Morgan fingerprint density at radius 2 is 1.27 bits per heavy atom. The maximum Gasteiger partial charge on any atom is 0.160 e. The Morgan fingerprint density at radius 1 is 0.610 bits per heavy atom. The fraction of sp³-hybridized carbons (Fsp3) is 0.0588. The zero-order valence-electron chi connectivity index (χ0n) is 22.1. The molecule has 204 valence electrons. The van der Waals surface area contributed by atoms with Crippen LogP contribution in [0.25, 0.3) is 43.5 Å². The van der Waals surface area contributed by atoms with Gasteiger partial charge < -0.3 is 18.6 Å². The molecule has 7 heteroatoms. The molecule has 0 unspecified atom stereocenters. The third kappa shape index (κ3) is 5.17. The van der Waals surface area contributed by atoms with Crippen molar-refractivity contribution in [3.05, 3.63) is 118 Å². The second-order valence-electron chi connectivity index (χ2n) is 9.22. The summed E-state index contributed by atoms with van der Waals surface area (Å²) in [6.07, 6.45) is 0. The highest BCUT2D eigenvalue weighted by Crippen LogP contribution is 2.42. The van der Waals surface area contributed by atoms with Crippen molar-refractivity contribution in [2.24, 2.45) is 0 Å². The highest BCUT2D eigenvalue weighted by atomic mass is 79.9. The van der Waals surface area contributed by atoms with E-state index in [4.69, 9.17) is 41.8 Å². The molecule has 0 spiro atoms. The molecule has 7 aromatic rings. The van der Waals surface area contributed by atoms with Crippen LogP contribution in [0.3, 0.4) is 0 Å². The van der Waals surface area contributed by atoms with E-state index in [0.717, 1.165) is 48.1 Å². The lowest BCUT2D eigenvalue weighted by Gasteiger charge is -2.13. The molecule has 0 amide bonds. The van der Waals surface area contributed by atoms with Gasteiger partial charge in [0.2, 0.25) is 0 Å². The summed E-state index contributed by atoms with van der Waals surface area (Å²) in [7, 11) is 3.20. The molecular weight excluding hydrogens is 623 g/mol. The van der Waals surface area contributed by atoms with Gasteiger partial charge in [-0.05, 0) is 57.0 Å². The van der Waals surface area contributed by atoms with Crippen LogP contribution < -0.4 is 14.2 Å². The Kier molecular flexibility index (Phi) is 7.67. The van der Waals surface area contributed by atoms with Gasteiger partial charge >= 0.3 is 0 Å². The van der Waals surface area contributed by atoms with E-state index in [9.17, 15) is 0 Å². The second-order valence-corrected chi connectivity index (χ2v) is 10.9. The van der Waals surface area contributed by atoms with Crippen molar-refractivity contribution in [2.75, 3.05) is 14.2 Å². The summed E-state index contributed by atoms with van der Waals surface area (Å²) >= 11 is 16.1. The molecule has 7 rings (SSSR count). The number of halogens is 3. The molecule has 0 saturated carbocycles. The van der Waals surface area contributed by atoms with E-state index in [0.29, 0.717) is 32.9 Å². The number of benzene rings is 6. The Balaban J connectivity index is 0.000000148. The predicted molar refractivity (Wildman–Crippen MR) is 173 cm³/mol. The zero-order valence-corrected chi connectivity index (χ0v) is 25.2. The van der Waals surface area contributed by atoms with E-state index >= 15 is 0 Å². The highest BCUT2D eigenvalue weighted by molar-refractivity contribution is 9.10. The maximum absolute atomic E-state index is 6.35. The number of methoxy groups -OCH3 is 2. The van der Waals surface area contributed by atoms with Crippen molar-refractivity contribution in [1.82, 2.24) is 0 Å². The third-order valence-electron chi connectivity index (χ3n) is 6.82. The quantitative estimate of drug-likeness (QED) is 0.191. The van der Waals surface area contributed by atoms with Gasteiger partial charge in [-0.3, -0.25) is 0 Å². The predicted octanol–water partition coefficient (Wildman–Crippen LogP) is 11.5. The Labute approximate surface area is 255 Å². The van der Waals surface area contributed by atoms with Gasteiger partial charge in [-0.15, -0.1) is 0 Å². The smallest absolute Gasteiger partial charge is 0.160 e. The van der Waals surface area contributed by atoms with Crippen molar-refractivity contribution >= 4 is 82.6 Å². The van der Waals surface area contributed by atoms with Crippen LogP contribution in [-0.4, -0.2) is 14.2 Å². The van der Waals surface area contributed by atoms with Gasteiger partial charge in [0.1, 0.15) is 27.9 Å². The molecule has 41 heavy (non-hydrogen) atoms. The van der Waals surface area contributed by atoms with Crippen molar-refractivity contribution in [1.29, 1.82) is 0 Å². The summed E-state index contributed by atoms with van der Waals surface area (Å²) in [4.78, 5) is 0. The van der Waals surface area contributed by atoms with Crippen molar-refractivity contribution in [3.8, 4) is 23.0 Å². The highest BCUT2D eigenvalue weighted by Gasteiger charge is 2.15. The van der Waals surface area contributed by atoms with Gasteiger partial charge in [-0.25, -0.2) is 0 Å². The summed E-state index contributed by atoms with van der Waals surface area (Å²) in [6.45, 7) is 0. The van der Waals surface area contributed by atoms with E-state index in [-0.39, 0.29) is 0 Å². The number of ether oxygens (including phenoxy) is 3. The van der Waals surface area contributed by atoms with E-state index in [1.54, 1.807) is 20.3 Å². The summed E-state index contributed by atoms with van der Waals surface area (Å²) in [5, 5.41) is 7.51. The molecule has 0 atom stereocenters. The van der Waals surface area contributed by atoms with Crippen LogP contribution in [0.5, 0.6) is 23.0 Å². The Hall–Kier alpha value is -3.90. The Morgan fingerprint density at radius 3 is 2.00 bits per heavy atom. The Bertz CT molecular complexity index is 2020. The lowest BCUT2D eigenvalue weighted by atomic mass is 10.1. The fourth-order valence-corrected chi connectivity index (χ4v) is 5.98. The average Bonchev–Trinajstić information content (AvgIpc) is 3.40. The van der Waals surface area contributed by atoms with Gasteiger partial charge in [-0.1, -0.05) is 89.9 Å². The zero-order chi connectivity index (χ0) is 28.5. The minimum absolute atomic E-state index is 0.495. The molecule has 1 heterocycles. The number of furan rings is 1. The largest absolute Gasteiger partial charge is 0.497 e. The first-order chi connectivity index (χ1) is 20.0. The number of fused-ring (bicyclic) bond motifs is 6. The molecule has 0 fully saturated rings. The van der Waals surface area contributed by atoms with Crippen LogP contribution >= 0.6 is 39.1 Å². The summed E-state index contributed by atoms with van der Waals surface area (Å²) in [5.41, 5.74) is 1.55. The van der Waals surface area contributed by atoms with Crippen LogP contribution in [0, 0.1) is 0 Å². The van der Waals surface area contributed by atoms with Gasteiger partial charge in [-0.2, -0.15) is 0 Å². The van der Waals surface area contributed by atoms with Gasteiger partial charge in [0, 0.05) is 27.6 Å². The van der Waals surface area contributed by atoms with E-state index < -0.39 is 0 Å². The van der Waals surface area contributed by atoms with Crippen molar-refractivity contribution in [3.63, 3.8) is 0 Å². The summed E-state index contributed by atoms with van der Waals surface area (Å²) in [5.74, 6) is 2.65. The first-order valence-electron chi connectivity index (χ1n) is 12.7. The van der Waals surface area contributed by atoms with Crippen LogP contribution in [0.4, 0.5) is 0 Å². The molecular formula is C34H23BrCl2O4. The van der Waals surface area contributed by atoms with Gasteiger partial charge in [0.25, 0.3) is 0 Å². The van der Waals surface area contributed by atoms with E-state index in [2.05, 4.69) is 40.2 Å². The minimum atomic E-state index is 0.495. The van der Waals surface area contributed by atoms with Crippen LogP contribution in [-0.2, 0) is 0 Å². The lowest BCUT2D eigenvalue weighted by Crippen LogP contribution is -1.90. The SMILES string of the molecule is COc1cc(Cl)c(Oc2cccc3ccccc23)c(Br)c1.COc1ccc2c(oc3c4ccccc4ccc23)c1Cl. The number of hydrogen-bond acceptors (Lipinski definition) is 4. The molecule has 0 saturated heterocycles. The number of hydrogen-bond donors (Lipinski definition) is 0. The van der Waals surface area contributed by atoms with Crippen LogP contribution in [0.1, 0.15) is 0 Å². The van der Waals surface area contributed by atoms with Crippen LogP contribution in [0.2, 0.25) is 10.0 Å². The molecule has 0 bridgehead atoms. The first-order valence-corrected chi connectivity index (χ1v) is 14.3. The monoisotopic (exact) mass is 644 g/mol. The minimum Gasteiger partial charge on any atom is -0.497 e. The second kappa shape index (κ2) is 11.5. The maximum atomic E-state index is 6.35.